The number of rotatable bonds is 3. The maximum atomic E-state index is 6.12. The Kier molecular flexibility index (Phi) is 3.52. The van der Waals surface area contributed by atoms with Crippen LogP contribution in [-0.4, -0.2) is 11.9 Å². The zero-order valence-electron chi connectivity index (χ0n) is 11.3. The first kappa shape index (κ1) is 12.6. The van der Waals surface area contributed by atoms with Crippen molar-refractivity contribution < 1.29 is 4.74 Å². The predicted octanol–water partition coefficient (Wildman–Crippen LogP) is 4.40. The van der Waals surface area contributed by atoms with Gasteiger partial charge >= 0.3 is 0 Å². The predicted molar refractivity (Wildman–Crippen MR) is 81.2 cm³/mol. The molecule has 0 saturated carbocycles. The zero-order chi connectivity index (χ0) is 13.2. The largest absolute Gasteiger partial charge is 0.489 e. The van der Waals surface area contributed by atoms with Crippen molar-refractivity contribution in [1.29, 1.82) is 0 Å². The van der Waals surface area contributed by atoms with E-state index >= 15 is 0 Å². The standard InChI is InChI=1S/C17H18OS/c1-12-8-9-13(2)17-16(12)10-14(18-17)11-19-15-6-4-3-5-7-15/h3-9,14H,10-11H2,1-2H3. The monoisotopic (exact) mass is 270 g/mol. The topological polar surface area (TPSA) is 9.23 Å². The highest BCUT2D eigenvalue weighted by Crippen LogP contribution is 2.36. The van der Waals surface area contributed by atoms with Crippen LogP contribution < -0.4 is 4.74 Å². The molecule has 0 saturated heterocycles. The Bertz CT molecular complexity index is 546. The number of benzene rings is 2. The van der Waals surface area contributed by atoms with Crippen molar-refractivity contribution in [2.75, 3.05) is 5.75 Å². The smallest absolute Gasteiger partial charge is 0.126 e. The van der Waals surface area contributed by atoms with Gasteiger partial charge in [-0.05, 0) is 37.1 Å². The van der Waals surface area contributed by atoms with Gasteiger partial charge in [-0.2, -0.15) is 0 Å². The van der Waals surface area contributed by atoms with E-state index in [4.69, 9.17) is 4.74 Å². The van der Waals surface area contributed by atoms with E-state index < -0.39 is 0 Å². The average Bonchev–Trinajstić information content (AvgIpc) is 2.87. The van der Waals surface area contributed by atoms with Gasteiger partial charge in [0, 0.05) is 22.6 Å². The summed E-state index contributed by atoms with van der Waals surface area (Å²) in [5.41, 5.74) is 4.01. The van der Waals surface area contributed by atoms with Crippen LogP contribution in [0.15, 0.2) is 47.4 Å². The Morgan fingerprint density at radius 2 is 1.79 bits per heavy atom. The minimum atomic E-state index is 0.306. The summed E-state index contributed by atoms with van der Waals surface area (Å²) in [6, 6.07) is 14.9. The van der Waals surface area contributed by atoms with Crippen molar-refractivity contribution in [2.24, 2.45) is 0 Å². The Balaban J connectivity index is 1.68. The van der Waals surface area contributed by atoms with Crippen LogP contribution in [0.25, 0.3) is 0 Å². The number of fused-ring (bicyclic) bond motifs is 1. The molecule has 1 aliphatic heterocycles. The molecule has 2 aromatic rings. The van der Waals surface area contributed by atoms with Crippen molar-refractivity contribution in [2.45, 2.75) is 31.3 Å². The van der Waals surface area contributed by atoms with Crippen LogP contribution in [0.3, 0.4) is 0 Å². The van der Waals surface area contributed by atoms with Crippen LogP contribution in [0.2, 0.25) is 0 Å². The molecule has 1 unspecified atom stereocenters. The van der Waals surface area contributed by atoms with Crippen molar-refractivity contribution in [1.82, 2.24) is 0 Å². The molecule has 2 heteroatoms. The maximum absolute atomic E-state index is 6.12. The molecule has 3 rings (SSSR count). The summed E-state index contributed by atoms with van der Waals surface area (Å²) < 4.78 is 6.12. The molecule has 0 aliphatic carbocycles. The van der Waals surface area contributed by atoms with Crippen LogP contribution in [0.1, 0.15) is 16.7 Å². The van der Waals surface area contributed by atoms with Gasteiger partial charge in [-0.1, -0.05) is 30.3 Å². The van der Waals surface area contributed by atoms with E-state index in [1.165, 1.54) is 21.6 Å². The average molecular weight is 270 g/mol. The molecule has 0 radical (unpaired) electrons. The van der Waals surface area contributed by atoms with Gasteiger partial charge in [0.1, 0.15) is 11.9 Å². The summed E-state index contributed by atoms with van der Waals surface area (Å²) in [6.07, 6.45) is 1.35. The maximum Gasteiger partial charge on any atom is 0.126 e. The molecule has 1 atom stereocenters. The second kappa shape index (κ2) is 5.30. The second-order valence-corrected chi connectivity index (χ2v) is 6.17. The Morgan fingerprint density at radius 3 is 2.53 bits per heavy atom. The van der Waals surface area contributed by atoms with Crippen LogP contribution in [0.4, 0.5) is 0 Å². The van der Waals surface area contributed by atoms with Gasteiger partial charge in [0.15, 0.2) is 0 Å². The Labute approximate surface area is 119 Å². The highest BCUT2D eigenvalue weighted by atomic mass is 32.2. The fourth-order valence-electron chi connectivity index (χ4n) is 2.50. The lowest BCUT2D eigenvalue weighted by atomic mass is 10.0. The first-order valence-corrected chi connectivity index (χ1v) is 7.66. The number of ether oxygens (including phenoxy) is 1. The lowest BCUT2D eigenvalue weighted by Gasteiger charge is -2.11. The summed E-state index contributed by atoms with van der Waals surface area (Å²) in [5, 5.41) is 0. The highest BCUT2D eigenvalue weighted by molar-refractivity contribution is 7.99. The molecule has 1 nitrogen and oxygen atoms in total. The summed E-state index contributed by atoms with van der Waals surface area (Å²) in [5.74, 6) is 2.14. The van der Waals surface area contributed by atoms with E-state index in [0.29, 0.717) is 6.10 Å². The molecule has 1 aliphatic rings. The third kappa shape index (κ3) is 2.64. The quantitative estimate of drug-likeness (QED) is 0.765. The van der Waals surface area contributed by atoms with Crippen LogP contribution >= 0.6 is 11.8 Å². The molecule has 0 aromatic heterocycles. The van der Waals surface area contributed by atoms with E-state index in [1.54, 1.807) is 0 Å². The van der Waals surface area contributed by atoms with Crippen molar-refractivity contribution >= 4 is 11.8 Å². The molecule has 0 amide bonds. The lowest BCUT2D eigenvalue weighted by molar-refractivity contribution is 0.258. The number of aryl methyl sites for hydroxylation is 2. The van der Waals surface area contributed by atoms with E-state index in [-0.39, 0.29) is 0 Å². The molecular formula is C17H18OS. The normalized spacial score (nSPS) is 17.1. The van der Waals surface area contributed by atoms with Crippen molar-refractivity contribution in [3.05, 3.63) is 59.2 Å². The molecule has 0 N–H and O–H groups in total. The molecule has 0 spiro atoms. The molecule has 0 bridgehead atoms. The van der Waals surface area contributed by atoms with Gasteiger partial charge < -0.3 is 4.74 Å². The fraction of sp³-hybridized carbons (Fsp3) is 0.294. The number of thioether (sulfide) groups is 1. The summed E-state index contributed by atoms with van der Waals surface area (Å²) in [4.78, 5) is 1.32. The third-order valence-electron chi connectivity index (χ3n) is 3.59. The molecule has 0 fully saturated rings. The summed E-state index contributed by atoms with van der Waals surface area (Å²) in [6.45, 7) is 4.30. The van der Waals surface area contributed by atoms with E-state index in [1.807, 2.05) is 11.8 Å². The second-order valence-electron chi connectivity index (χ2n) is 5.08. The SMILES string of the molecule is Cc1ccc(C)c2c1CC(CSc1ccccc1)O2. The first-order chi connectivity index (χ1) is 9.24. The fourth-order valence-corrected chi connectivity index (χ4v) is 3.41. The Morgan fingerprint density at radius 1 is 1.05 bits per heavy atom. The van der Waals surface area contributed by atoms with E-state index in [9.17, 15) is 0 Å². The van der Waals surface area contributed by atoms with Gasteiger partial charge in [0.25, 0.3) is 0 Å². The first-order valence-electron chi connectivity index (χ1n) is 6.67. The van der Waals surface area contributed by atoms with Crippen molar-refractivity contribution in [3.63, 3.8) is 0 Å². The molecular weight excluding hydrogens is 252 g/mol. The highest BCUT2D eigenvalue weighted by Gasteiger charge is 2.25. The van der Waals surface area contributed by atoms with Crippen LogP contribution in [-0.2, 0) is 6.42 Å². The van der Waals surface area contributed by atoms with E-state index in [0.717, 1.165) is 17.9 Å². The molecule has 98 valence electrons. The molecule has 2 aromatic carbocycles. The minimum absolute atomic E-state index is 0.306. The van der Waals surface area contributed by atoms with Gasteiger partial charge in [0.2, 0.25) is 0 Å². The Hall–Kier alpha value is -1.41. The summed E-state index contributed by atoms with van der Waals surface area (Å²) >= 11 is 1.88. The van der Waals surface area contributed by atoms with Gasteiger partial charge in [0.05, 0.1) is 0 Å². The number of hydrogen-bond donors (Lipinski definition) is 0. The van der Waals surface area contributed by atoms with Crippen LogP contribution in [0.5, 0.6) is 5.75 Å². The van der Waals surface area contributed by atoms with Gasteiger partial charge in [-0.3, -0.25) is 0 Å². The molecule has 19 heavy (non-hydrogen) atoms. The summed E-state index contributed by atoms with van der Waals surface area (Å²) in [7, 11) is 0. The van der Waals surface area contributed by atoms with E-state index in [2.05, 4.69) is 56.3 Å². The zero-order valence-corrected chi connectivity index (χ0v) is 12.2. The minimum Gasteiger partial charge on any atom is -0.489 e. The van der Waals surface area contributed by atoms with Gasteiger partial charge in [-0.25, -0.2) is 0 Å². The van der Waals surface area contributed by atoms with Crippen LogP contribution in [0, 0.1) is 13.8 Å². The lowest BCUT2D eigenvalue weighted by Crippen LogP contribution is -2.16. The third-order valence-corrected chi connectivity index (χ3v) is 4.73. The van der Waals surface area contributed by atoms with Gasteiger partial charge in [-0.15, -0.1) is 11.8 Å². The number of hydrogen-bond acceptors (Lipinski definition) is 2. The van der Waals surface area contributed by atoms with Crippen molar-refractivity contribution in [3.8, 4) is 5.75 Å². The molecule has 1 heterocycles.